The fourth-order valence-electron chi connectivity index (χ4n) is 2.67. The van der Waals surface area contributed by atoms with E-state index in [9.17, 15) is 0 Å². The Kier molecular flexibility index (Phi) is 5.51. The molecule has 4 nitrogen and oxygen atoms in total. The minimum absolute atomic E-state index is 0.247. The fraction of sp³-hybridized carbons (Fsp3) is 0.286. The summed E-state index contributed by atoms with van der Waals surface area (Å²) < 4.78 is 11.3. The van der Waals surface area contributed by atoms with E-state index in [1.54, 1.807) is 6.26 Å². The van der Waals surface area contributed by atoms with Gasteiger partial charge in [-0.3, -0.25) is 0 Å². The summed E-state index contributed by atoms with van der Waals surface area (Å²) in [4.78, 5) is 4.59. The van der Waals surface area contributed by atoms with Crippen molar-refractivity contribution in [2.24, 2.45) is 0 Å². The van der Waals surface area contributed by atoms with Crippen LogP contribution in [0.1, 0.15) is 36.7 Å². The van der Waals surface area contributed by atoms with Gasteiger partial charge in [0, 0.05) is 12.6 Å². The zero-order valence-corrected chi connectivity index (χ0v) is 15.0. The monoisotopic (exact) mass is 336 g/mol. The van der Waals surface area contributed by atoms with E-state index < -0.39 is 0 Å². The van der Waals surface area contributed by atoms with E-state index in [2.05, 4.69) is 48.4 Å². The highest BCUT2D eigenvalue weighted by atomic mass is 16.5. The number of rotatable bonds is 7. The van der Waals surface area contributed by atoms with Gasteiger partial charge in [0.1, 0.15) is 12.0 Å². The average Bonchev–Trinajstić information content (AvgIpc) is 3.10. The number of aryl methyl sites for hydroxylation is 1. The van der Waals surface area contributed by atoms with Gasteiger partial charge in [0.25, 0.3) is 0 Å². The number of hydrogen-bond donors (Lipinski definition) is 1. The van der Waals surface area contributed by atoms with Gasteiger partial charge in [-0.2, -0.15) is 0 Å². The molecule has 0 saturated heterocycles. The third kappa shape index (κ3) is 4.28. The molecule has 1 heterocycles. The quantitative estimate of drug-likeness (QED) is 0.666. The molecule has 0 amide bonds. The molecule has 2 aromatic carbocycles. The van der Waals surface area contributed by atoms with Crippen LogP contribution in [0.5, 0.6) is 5.75 Å². The Hall–Kier alpha value is -2.59. The Morgan fingerprint density at radius 2 is 1.88 bits per heavy atom. The predicted molar refractivity (Wildman–Crippen MR) is 99.5 cm³/mol. The smallest absolute Gasteiger partial charge is 0.229 e. The molecule has 3 aromatic rings. The van der Waals surface area contributed by atoms with E-state index >= 15 is 0 Å². The van der Waals surface area contributed by atoms with Gasteiger partial charge in [0.15, 0.2) is 0 Å². The van der Waals surface area contributed by atoms with Gasteiger partial charge in [-0.25, -0.2) is 4.98 Å². The Balaban J connectivity index is 1.67. The van der Waals surface area contributed by atoms with Crippen LogP contribution in [0.15, 0.2) is 59.2 Å². The summed E-state index contributed by atoms with van der Waals surface area (Å²) in [5, 5.41) is 3.49. The van der Waals surface area contributed by atoms with Crippen molar-refractivity contribution in [3.63, 3.8) is 0 Å². The largest absolute Gasteiger partial charge is 0.493 e. The maximum atomic E-state index is 5.66. The topological polar surface area (TPSA) is 47.3 Å². The van der Waals surface area contributed by atoms with Crippen LogP contribution in [0, 0.1) is 6.92 Å². The molecular formula is C21H24N2O2. The first kappa shape index (κ1) is 17.2. The zero-order chi connectivity index (χ0) is 17.6. The molecule has 0 aliphatic carbocycles. The normalized spacial score (nSPS) is 12.1. The van der Waals surface area contributed by atoms with E-state index in [0.29, 0.717) is 19.0 Å². The molecule has 0 radical (unpaired) electrons. The lowest BCUT2D eigenvalue weighted by Crippen LogP contribution is -2.18. The molecule has 1 aromatic heterocycles. The van der Waals surface area contributed by atoms with Crippen LogP contribution in [0.4, 0.5) is 0 Å². The van der Waals surface area contributed by atoms with Crippen molar-refractivity contribution in [1.29, 1.82) is 0 Å². The molecule has 0 unspecified atom stereocenters. The Labute approximate surface area is 148 Å². The number of para-hydroxylation sites is 1. The van der Waals surface area contributed by atoms with Crippen molar-refractivity contribution in [3.8, 4) is 17.2 Å². The number of oxazole rings is 1. The molecule has 1 N–H and O–H groups in total. The predicted octanol–water partition coefficient (Wildman–Crippen LogP) is 4.90. The summed E-state index contributed by atoms with van der Waals surface area (Å²) in [6.45, 7) is 7.47. The van der Waals surface area contributed by atoms with Gasteiger partial charge in [-0.1, -0.05) is 42.0 Å². The molecule has 0 aliphatic rings. The molecule has 130 valence electrons. The van der Waals surface area contributed by atoms with Crippen LogP contribution < -0.4 is 10.1 Å². The molecule has 25 heavy (non-hydrogen) atoms. The molecule has 0 aliphatic heterocycles. The van der Waals surface area contributed by atoms with Crippen LogP contribution in [-0.4, -0.2) is 11.6 Å². The third-order valence-corrected chi connectivity index (χ3v) is 4.14. The van der Waals surface area contributed by atoms with Crippen LogP contribution in [0.25, 0.3) is 11.5 Å². The minimum atomic E-state index is 0.247. The molecule has 0 saturated carbocycles. The van der Waals surface area contributed by atoms with Gasteiger partial charge in [-0.05, 0) is 38.5 Å². The van der Waals surface area contributed by atoms with Gasteiger partial charge in [-0.15, -0.1) is 0 Å². The molecule has 0 fully saturated rings. The van der Waals surface area contributed by atoms with E-state index in [1.807, 2.05) is 31.2 Å². The van der Waals surface area contributed by atoms with Crippen molar-refractivity contribution in [2.75, 3.05) is 6.61 Å². The van der Waals surface area contributed by atoms with E-state index in [-0.39, 0.29) is 6.04 Å². The second kappa shape index (κ2) is 7.99. The molecule has 0 bridgehead atoms. The second-order valence-corrected chi connectivity index (χ2v) is 6.09. The molecule has 3 rings (SSSR count). The lowest BCUT2D eigenvalue weighted by Gasteiger charge is -2.13. The SMILES string of the molecule is CCOc1ccccc1-c1nc(CN[C@H](C)c2ccc(C)cc2)co1. The fourth-order valence-corrected chi connectivity index (χ4v) is 2.67. The summed E-state index contributed by atoms with van der Waals surface area (Å²) in [6, 6.07) is 16.6. The Bertz CT molecular complexity index is 809. The van der Waals surface area contributed by atoms with Gasteiger partial charge < -0.3 is 14.5 Å². The molecule has 4 heteroatoms. The first-order valence-corrected chi connectivity index (χ1v) is 8.64. The summed E-state index contributed by atoms with van der Waals surface area (Å²) >= 11 is 0. The van der Waals surface area contributed by atoms with Crippen molar-refractivity contribution in [2.45, 2.75) is 33.4 Å². The zero-order valence-electron chi connectivity index (χ0n) is 15.0. The molecule has 1 atom stereocenters. The summed E-state index contributed by atoms with van der Waals surface area (Å²) in [5.41, 5.74) is 4.28. The summed E-state index contributed by atoms with van der Waals surface area (Å²) in [6.07, 6.45) is 1.70. The maximum Gasteiger partial charge on any atom is 0.229 e. The number of nitrogens with zero attached hydrogens (tertiary/aromatic N) is 1. The lowest BCUT2D eigenvalue weighted by molar-refractivity contribution is 0.340. The Morgan fingerprint density at radius 1 is 1.12 bits per heavy atom. The van der Waals surface area contributed by atoms with E-state index in [4.69, 9.17) is 9.15 Å². The van der Waals surface area contributed by atoms with Crippen molar-refractivity contribution in [1.82, 2.24) is 10.3 Å². The number of aromatic nitrogens is 1. The second-order valence-electron chi connectivity index (χ2n) is 6.09. The summed E-state index contributed by atoms with van der Waals surface area (Å²) in [7, 11) is 0. The first-order valence-electron chi connectivity index (χ1n) is 8.64. The van der Waals surface area contributed by atoms with Crippen molar-refractivity contribution >= 4 is 0 Å². The van der Waals surface area contributed by atoms with Crippen LogP contribution >= 0.6 is 0 Å². The highest BCUT2D eigenvalue weighted by molar-refractivity contribution is 5.62. The van der Waals surface area contributed by atoms with Crippen LogP contribution in [0.3, 0.4) is 0 Å². The molecule has 0 spiro atoms. The Morgan fingerprint density at radius 3 is 2.64 bits per heavy atom. The highest BCUT2D eigenvalue weighted by Gasteiger charge is 2.12. The van der Waals surface area contributed by atoms with E-state index in [1.165, 1.54) is 11.1 Å². The van der Waals surface area contributed by atoms with Crippen LogP contribution in [0.2, 0.25) is 0 Å². The number of nitrogens with one attached hydrogen (secondary N) is 1. The first-order chi connectivity index (χ1) is 12.2. The third-order valence-electron chi connectivity index (χ3n) is 4.14. The van der Waals surface area contributed by atoms with Gasteiger partial charge >= 0.3 is 0 Å². The minimum Gasteiger partial charge on any atom is -0.493 e. The van der Waals surface area contributed by atoms with Gasteiger partial charge in [0.05, 0.1) is 17.9 Å². The van der Waals surface area contributed by atoms with Crippen molar-refractivity contribution in [3.05, 3.63) is 71.6 Å². The number of ether oxygens (including phenoxy) is 1. The standard InChI is InChI=1S/C21H24N2O2/c1-4-24-20-8-6-5-7-19(20)21-23-18(14-25-21)13-22-16(3)17-11-9-15(2)10-12-17/h5-12,14,16,22H,4,13H2,1-3H3/t16-/m1/s1. The highest BCUT2D eigenvalue weighted by Crippen LogP contribution is 2.29. The number of benzene rings is 2. The number of hydrogen-bond acceptors (Lipinski definition) is 4. The lowest BCUT2D eigenvalue weighted by atomic mass is 10.1. The average molecular weight is 336 g/mol. The van der Waals surface area contributed by atoms with Gasteiger partial charge in [0.2, 0.25) is 5.89 Å². The molecular weight excluding hydrogens is 312 g/mol. The maximum absolute atomic E-state index is 5.66. The summed E-state index contributed by atoms with van der Waals surface area (Å²) in [5.74, 6) is 1.38. The van der Waals surface area contributed by atoms with Crippen LogP contribution in [-0.2, 0) is 6.54 Å². The van der Waals surface area contributed by atoms with Crippen molar-refractivity contribution < 1.29 is 9.15 Å². The van der Waals surface area contributed by atoms with E-state index in [0.717, 1.165) is 17.0 Å².